The molecule has 0 N–H and O–H groups in total. The van der Waals surface area contributed by atoms with Gasteiger partial charge in [-0.15, -0.1) is 0 Å². The third-order valence-corrected chi connectivity index (χ3v) is 3.44. The molecule has 0 aromatic heterocycles. The van der Waals surface area contributed by atoms with Gasteiger partial charge in [0, 0.05) is 5.92 Å². The molecular formula is C12H14O. The third kappa shape index (κ3) is 0.995. The molecule has 1 heterocycles. The van der Waals surface area contributed by atoms with Crippen LogP contribution in [0.5, 0.6) is 5.75 Å². The van der Waals surface area contributed by atoms with Gasteiger partial charge in [0.15, 0.2) is 0 Å². The van der Waals surface area contributed by atoms with Gasteiger partial charge in [0.05, 0.1) is 6.61 Å². The lowest BCUT2D eigenvalue weighted by molar-refractivity contribution is 0.121. The molecule has 13 heavy (non-hydrogen) atoms. The monoisotopic (exact) mass is 174 g/mol. The number of aryl methyl sites for hydroxylation is 1. The summed E-state index contributed by atoms with van der Waals surface area (Å²) in [7, 11) is 0. The predicted molar refractivity (Wildman–Crippen MR) is 52.1 cm³/mol. The first-order valence-electron chi connectivity index (χ1n) is 5.08. The van der Waals surface area contributed by atoms with Crippen LogP contribution in [0.4, 0.5) is 0 Å². The Morgan fingerprint density at radius 3 is 3.00 bits per heavy atom. The van der Waals surface area contributed by atoms with Gasteiger partial charge in [-0.05, 0) is 37.3 Å². The molecule has 68 valence electrons. The molecule has 1 aromatic carbocycles. The third-order valence-electron chi connectivity index (χ3n) is 3.44. The molecule has 0 spiro atoms. The first-order chi connectivity index (χ1) is 6.34. The Morgan fingerprint density at radius 2 is 2.23 bits per heavy atom. The Hall–Kier alpha value is -0.980. The van der Waals surface area contributed by atoms with E-state index in [-0.39, 0.29) is 0 Å². The zero-order valence-electron chi connectivity index (χ0n) is 7.92. The van der Waals surface area contributed by atoms with Crippen LogP contribution in [0.25, 0.3) is 0 Å². The van der Waals surface area contributed by atoms with Crippen LogP contribution in [0.2, 0.25) is 0 Å². The van der Waals surface area contributed by atoms with E-state index >= 15 is 0 Å². The molecule has 0 saturated heterocycles. The van der Waals surface area contributed by atoms with Gasteiger partial charge in [0.2, 0.25) is 0 Å². The number of hydrogen-bond acceptors (Lipinski definition) is 1. The Kier molecular flexibility index (Phi) is 1.43. The van der Waals surface area contributed by atoms with E-state index in [1.165, 1.54) is 24.0 Å². The molecule has 3 rings (SSSR count). The number of fused-ring (bicyclic) bond motifs is 3. The second-order valence-corrected chi connectivity index (χ2v) is 4.30. The van der Waals surface area contributed by atoms with Crippen LogP contribution < -0.4 is 4.74 Å². The fourth-order valence-corrected chi connectivity index (χ4v) is 2.46. The summed E-state index contributed by atoms with van der Waals surface area (Å²) in [5, 5.41) is 0. The summed E-state index contributed by atoms with van der Waals surface area (Å²) in [6.07, 6.45) is 2.72. The number of rotatable bonds is 0. The van der Waals surface area contributed by atoms with Crippen molar-refractivity contribution in [2.75, 3.05) is 6.61 Å². The summed E-state index contributed by atoms with van der Waals surface area (Å²) in [6.45, 7) is 3.10. The van der Waals surface area contributed by atoms with Gasteiger partial charge in [-0.2, -0.15) is 0 Å². The SMILES string of the molecule is Cc1ccc2c(c1)C1CCC1CO2. The Morgan fingerprint density at radius 1 is 1.31 bits per heavy atom. The zero-order valence-corrected chi connectivity index (χ0v) is 7.92. The highest BCUT2D eigenvalue weighted by atomic mass is 16.5. The van der Waals surface area contributed by atoms with Crippen LogP contribution >= 0.6 is 0 Å². The number of ether oxygens (including phenoxy) is 1. The Labute approximate surface area is 78.7 Å². The molecule has 0 bridgehead atoms. The van der Waals surface area contributed by atoms with Crippen molar-refractivity contribution >= 4 is 0 Å². The van der Waals surface area contributed by atoms with Gasteiger partial charge in [0.25, 0.3) is 0 Å². The second-order valence-electron chi connectivity index (χ2n) is 4.30. The molecule has 2 atom stereocenters. The molecular weight excluding hydrogens is 160 g/mol. The van der Waals surface area contributed by atoms with Gasteiger partial charge in [-0.1, -0.05) is 17.7 Å². The standard InChI is InChI=1S/C12H14O/c1-8-2-5-12-11(6-8)10-4-3-9(10)7-13-12/h2,5-6,9-10H,3-4,7H2,1H3. The summed E-state index contributed by atoms with van der Waals surface area (Å²) in [6, 6.07) is 6.56. The summed E-state index contributed by atoms with van der Waals surface area (Å²) in [4.78, 5) is 0. The van der Waals surface area contributed by atoms with Gasteiger partial charge in [-0.25, -0.2) is 0 Å². The van der Waals surface area contributed by atoms with Crippen molar-refractivity contribution in [3.05, 3.63) is 29.3 Å². The van der Waals surface area contributed by atoms with E-state index in [4.69, 9.17) is 4.74 Å². The first kappa shape index (κ1) is 7.43. The van der Waals surface area contributed by atoms with Gasteiger partial charge in [0.1, 0.15) is 5.75 Å². The largest absolute Gasteiger partial charge is 0.493 e. The maximum Gasteiger partial charge on any atom is 0.122 e. The Bertz CT molecular complexity index is 343. The van der Waals surface area contributed by atoms with Crippen LogP contribution in [-0.4, -0.2) is 6.61 Å². The maximum atomic E-state index is 5.71. The zero-order chi connectivity index (χ0) is 8.84. The van der Waals surface area contributed by atoms with Crippen LogP contribution in [0, 0.1) is 12.8 Å². The second kappa shape index (κ2) is 2.50. The van der Waals surface area contributed by atoms with Crippen molar-refractivity contribution in [3.63, 3.8) is 0 Å². The molecule has 1 aromatic rings. The van der Waals surface area contributed by atoms with Gasteiger partial charge in [-0.3, -0.25) is 0 Å². The molecule has 1 saturated carbocycles. The minimum Gasteiger partial charge on any atom is -0.493 e. The number of benzene rings is 1. The highest BCUT2D eigenvalue weighted by Gasteiger charge is 2.37. The van der Waals surface area contributed by atoms with E-state index < -0.39 is 0 Å². The first-order valence-corrected chi connectivity index (χ1v) is 5.08. The highest BCUT2D eigenvalue weighted by molar-refractivity contribution is 5.42. The van der Waals surface area contributed by atoms with E-state index in [9.17, 15) is 0 Å². The van der Waals surface area contributed by atoms with E-state index in [1.54, 1.807) is 0 Å². The summed E-state index contributed by atoms with van der Waals surface area (Å²) in [5.41, 5.74) is 2.82. The minimum atomic E-state index is 0.809. The van der Waals surface area contributed by atoms with Crippen LogP contribution in [-0.2, 0) is 0 Å². The van der Waals surface area contributed by atoms with Crippen molar-refractivity contribution in [1.29, 1.82) is 0 Å². The van der Waals surface area contributed by atoms with E-state index in [2.05, 4.69) is 25.1 Å². The smallest absolute Gasteiger partial charge is 0.122 e. The number of hydrogen-bond donors (Lipinski definition) is 0. The molecule has 2 unspecified atom stereocenters. The lowest BCUT2D eigenvalue weighted by atomic mass is 9.69. The predicted octanol–water partition coefficient (Wildman–Crippen LogP) is 2.88. The van der Waals surface area contributed by atoms with E-state index in [0.717, 1.165) is 24.2 Å². The molecule has 1 heteroatoms. The van der Waals surface area contributed by atoms with Crippen molar-refractivity contribution in [1.82, 2.24) is 0 Å². The lowest BCUT2D eigenvalue weighted by Crippen LogP contribution is -2.33. The fourth-order valence-electron chi connectivity index (χ4n) is 2.46. The molecule has 2 aliphatic rings. The van der Waals surface area contributed by atoms with Crippen molar-refractivity contribution in [2.24, 2.45) is 5.92 Å². The Balaban J connectivity index is 2.08. The van der Waals surface area contributed by atoms with Crippen LogP contribution in [0.15, 0.2) is 18.2 Å². The van der Waals surface area contributed by atoms with Gasteiger partial charge < -0.3 is 4.74 Å². The molecule has 0 amide bonds. The maximum absolute atomic E-state index is 5.71. The molecule has 0 radical (unpaired) electrons. The molecule has 1 aliphatic heterocycles. The van der Waals surface area contributed by atoms with Crippen molar-refractivity contribution < 1.29 is 4.74 Å². The van der Waals surface area contributed by atoms with Crippen LogP contribution in [0.1, 0.15) is 29.9 Å². The van der Waals surface area contributed by atoms with E-state index in [1.807, 2.05) is 0 Å². The van der Waals surface area contributed by atoms with Crippen molar-refractivity contribution in [3.8, 4) is 5.75 Å². The van der Waals surface area contributed by atoms with Gasteiger partial charge >= 0.3 is 0 Å². The summed E-state index contributed by atoms with van der Waals surface area (Å²) >= 11 is 0. The normalized spacial score (nSPS) is 29.6. The molecule has 1 nitrogen and oxygen atoms in total. The average molecular weight is 174 g/mol. The van der Waals surface area contributed by atoms with Crippen LogP contribution in [0.3, 0.4) is 0 Å². The summed E-state index contributed by atoms with van der Waals surface area (Å²) in [5.74, 6) is 2.75. The lowest BCUT2D eigenvalue weighted by Gasteiger charge is -2.41. The summed E-state index contributed by atoms with van der Waals surface area (Å²) < 4.78 is 5.71. The quantitative estimate of drug-likeness (QED) is 0.587. The fraction of sp³-hybridized carbons (Fsp3) is 0.500. The van der Waals surface area contributed by atoms with Crippen molar-refractivity contribution in [2.45, 2.75) is 25.7 Å². The highest BCUT2D eigenvalue weighted by Crippen LogP contribution is 2.49. The topological polar surface area (TPSA) is 9.23 Å². The average Bonchev–Trinajstić information content (AvgIpc) is 2.05. The van der Waals surface area contributed by atoms with E-state index in [0.29, 0.717) is 0 Å². The minimum absolute atomic E-state index is 0.809. The molecule has 1 aliphatic carbocycles. The molecule has 1 fully saturated rings.